The molecule has 0 aliphatic heterocycles. The van der Waals surface area contributed by atoms with Crippen LogP contribution >= 0.6 is 22.7 Å². The van der Waals surface area contributed by atoms with Crippen molar-refractivity contribution in [1.82, 2.24) is 9.88 Å². The van der Waals surface area contributed by atoms with Crippen molar-refractivity contribution >= 4 is 39.5 Å². The van der Waals surface area contributed by atoms with E-state index in [2.05, 4.69) is 17.2 Å². The van der Waals surface area contributed by atoms with Gasteiger partial charge in [0.15, 0.2) is 5.13 Å². The molecule has 0 saturated carbocycles. The largest absolute Gasteiger partial charge is 0.382 e. The maximum absolute atomic E-state index is 12.4. The van der Waals surface area contributed by atoms with Gasteiger partial charge in [-0.3, -0.25) is 4.79 Å². The summed E-state index contributed by atoms with van der Waals surface area (Å²) >= 11 is 2.94. The van der Waals surface area contributed by atoms with Crippen molar-refractivity contribution in [2.45, 2.75) is 19.9 Å². The van der Waals surface area contributed by atoms with E-state index in [0.717, 1.165) is 18.5 Å². The van der Waals surface area contributed by atoms with E-state index in [4.69, 9.17) is 5.73 Å². The highest BCUT2D eigenvalue weighted by atomic mass is 32.1. The van der Waals surface area contributed by atoms with Crippen LogP contribution in [0.2, 0.25) is 0 Å². The van der Waals surface area contributed by atoms with Gasteiger partial charge in [0, 0.05) is 20.1 Å². The number of thiophene rings is 1. The molecule has 0 unspecified atom stereocenters. The SMILES string of the molecule is CCCNc1nc(N)c(C(=O)N(C)Cc2ccsc2)s1. The molecule has 2 aromatic heterocycles. The van der Waals surface area contributed by atoms with Crippen LogP contribution in [0.25, 0.3) is 0 Å². The average Bonchev–Trinajstić information content (AvgIpc) is 3.05. The molecule has 108 valence electrons. The van der Waals surface area contributed by atoms with Crippen LogP contribution in [-0.4, -0.2) is 29.4 Å². The molecule has 2 rings (SSSR count). The highest BCUT2D eigenvalue weighted by molar-refractivity contribution is 7.18. The van der Waals surface area contributed by atoms with Crippen molar-refractivity contribution in [3.8, 4) is 0 Å². The van der Waals surface area contributed by atoms with Gasteiger partial charge in [0.2, 0.25) is 0 Å². The Labute approximate surface area is 126 Å². The second-order valence-corrected chi connectivity index (χ2v) is 6.23. The molecule has 0 spiro atoms. The van der Waals surface area contributed by atoms with E-state index in [1.165, 1.54) is 11.3 Å². The lowest BCUT2D eigenvalue weighted by atomic mass is 10.3. The summed E-state index contributed by atoms with van der Waals surface area (Å²) in [6.45, 7) is 3.48. The Morgan fingerprint density at radius 3 is 3.00 bits per heavy atom. The Morgan fingerprint density at radius 2 is 2.35 bits per heavy atom. The van der Waals surface area contributed by atoms with Gasteiger partial charge in [-0.1, -0.05) is 18.3 Å². The molecule has 7 heteroatoms. The fourth-order valence-electron chi connectivity index (χ4n) is 1.69. The van der Waals surface area contributed by atoms with Gasteiger partial charge >= 0.3 is 0 Å². The highest BCUT2D eigenvalue weighted by Crippen LogP contribution is 2.26. The summed E-state index contributed by atoms with van der Waals surface area (Å²) in [5.41, 5.74) is 6.96. The Balaban J connectivity index is 2.06. The second kappa shape index (κ2) is 6.71. The number of hydrogen-bond donors (Lipinski definition) is 2. The van der Waals surface area contributed by atoms with Crippen LogP contribution < -0.4 is 11.1 Å². The number of thiazole rings is 1. The summed E-state index contributed by atoms with van der Waals surface area (Å²) in [6.07, 6.45) is 1.00. The first-order valence-electron chi connectivity index (χ1n) is 6.38. The standard InChI is InChI=1S/C13H18N4OS2/c1-3-5-15-13-16-11(14)10(20-13)12(18)17(2)7-9-4-6-19-8-9/h4,6,8H,3,5,7,14H2,1-2H3,(H,15,16). The lowest BCUT2D eigenvalue weighted by Gasteiger charge is -2.15. The van der Waals surface area contributed by atoms with Crippen molar-refractivity contribution in [3.05, 3.63) is 27.3 Å². The average molecular weight is 310 g/mol. The zero-order valence-corrected chi connectivity index (χ0v) is 13.2. The molecule has 0 atom stereocenters. The number of amides is 1. The van der Waals surface area contributed by atoms with Crippen molar-refractivity contribution in [2.75, 3.05) is 24.6 Å². The quantitative estimate of drug-likeness (QED) is 0.860. The number of rotatable bonds is 6. The Morgan fingerprint density at radius 1 is 1.55 bits per heavy atom. The zero-order valence-electron chi connectivity index (χ0n) is 11.5. The molecule has 0 aromatic carbocycles. The molecule has 0 bridgehead atoms. The number of nitrogens with two attached hydrogens (primary N) is 1. The minimum absolute atomic E-state index is 0.0873. The third kappa shape index (κ3) is 3.49. The Kier molecular flexibility index (Phi) is 4.97. The third-order valence-electron chi connectivity index (χ3n) is 2.72. The number of carbonyl (C=O) groups excluding carboxylic acids is 1. The van der Waals surface area contributed by atoms with E-state index >= 15 is 0 Å². The minimum Gasteiger partial charge on any atom is -0.382 e. The Hall–Kier alpha value is -1.60. The minimum atomic E-state index is -0.0873. The van der Waals surface area contributed by atoms with Gasteiger partial charge in [-0.2, -0.15) is 11.3 Å². The van der Waals surface area contributed by atoms with Crippen molar-refractivity contribution < 1.29 is 4.79 Å². The maximum Gasteiger partial charge on any atom is 0.267 e. The number of nitrogens with one attached hydrogen (secondary N) is 1. The molecule has 2 aromatic rings. The molecule has 0 radical (unpaired) electrons. The smallest absolute Gasteiger partial charge is 0.267 e. The van der Waals surface area contributed by atoms with E-state index in [0.29, 0.717) is 22.4 Å². The van der Waals surface area contributed by atoms with Gasteiger partial charge in [-0.25, -0.2) is 4.98 Å². The Bertz CT molecular complexity index is 565. The van der Waals surface area contributed by atoms with Crippen LogP contribution in [0.5, 0.6) is 0 Å². The van der Waals surface area contributed by atoms with E-state index in [-0.39, 0.29) is 5.91 Å². The molecule has 20 heavy (non-hydrogen) atoms. The number of nitrogen functional groups attached to an aromatic ring is 1. The van der Waals surface area contributed by atoms with Crippen LogP contribution in [0.15, 0.2) is 16.8 Å². The summed E-state index contributed by atoms with van der Waals surface area (Å²) in [7, 11) is 1.78. The number of aromatic nitrogens is 1. The van der Waals surface area contributed by atoms with E-state index in [9.17, 15) is 4.79 Å². The van der Waals surface area contributed by atoms with Crippen molar-refractivity contribution in [2.24, 2.45) is 0 Å². The van der Waals surface area contributed by atoms with Gasteiger partial charge in [0.05, 0.1) is 0 Å². The van der Waals surface area contributed by atoms with Crippen LogP contribution in [-0.2, 0) is 6.54 Å². The van der Waals surface area contributed by atoms with E-state index in [1.54, 1.807) is 23.3 Å². The molecular weight excluding hydrogens is 292 g/mol. The summed E-state index contributed by atoms with van der Waals surface area (Å²) in [5, 5.41) is 7.90. The molecule has 0 saturated heterocycles. The molecule has 3 N–H and O–H groups in total. The first-order chi connectivity index (χ1) is 9.61. The lowest BCUT2D eigenvalue weighted by Crippen LogP contribution is -2.25. The molecule has 0 fully saturated rings. The molecule has 0 aliphatic carbocycles. The number of carbonyl (C=O) groups is 1. The monoisotopic (exact) mass is 310 g/mol. The molecule has 0 aliphatic rings. The van der Waals surface area contributed by atoms with Crippen molar-refractivity contribution in [1.29, 1.82) is 0 Å². The normalized spacial score (nSPS) is 10.5. The first-order valence-corrected chi connectivity index (χ1v) is 8.14. The lowest BCUT2D eigenvalue weighted by molar-refractivity contribution is 0.0791. The van der Waals surface area contributed by atoms with Crippen molar-refractivity contribution in [3.63, 3.8) is 0 Å². The number of hydrogen-bond acceptors (Lipinski definition) is 6. The molecule has 2 heterocycles. The van der Waals surface area contributed by atoms with Crippen LogP contribution in [0, 0.1) is 0 Å². The van der Waals surface area contributed by atoms with Crippen LogP contribution in [0.4, 0.5) is 10.9 Å². The van der Waals surface area contributed by atoms with Crippen LogP contribution in [0.3, 0.4) is 0 Å². The highest BCUT2D eigenvalue weighted by Gasteiger charge is 2.19. The van der Waals surface area contributed by atoms with E-state index < -0.39 is 0 Å². The van der Waals surface area contributed by atoms with Gasteiger partial charge < -0.3 is 16.0 Å². The molecule has 5 nitrogen and oxygen atoms in total. The van der Waals surface area contributed by atoms with Gasteiger partial charge in [-0.05, 0) is 28.8 Å². The summed E-state index contributed by atoms with van der Waals surface area (Å²) in [4.78, 5) is 18.7. The van der Waals surface area contributed by atoms with E-state index in [1.807, 2.05) is 16.8 Å². The molecule has 1 amide bonds. The summed E-state index contributed by atoms with van der Waals surface area (Å²) in [6, 6.07) is 2.01. The zero-order chi connectivity index (χ0) is 14.5. The summed E-state index contributed by atoms with van der Waals surface area (Å²) < 4.78 is 0. The topological polar surface area (TPSA) is 71.2 Å². The molecular formula is C13H18N4OS2. The fourth-order valence-corrected chi connectivity index (χ4v) is 3.26. The fraction of sp³-hybridized carbons (Fsp3) is 0.385. The maximum atomic E-state index is 12.4. The predicted molar refractivity (Wildman–Crippen MR) is 85.4 cm³/mol. The number of anilines is 2. The van der Waals surface area contributed by atoms with Gasteiger partial charge in [0.1, 0.15) is 10.7 Å². The van der Waals surface area contributed by atoms with Gasteiger partial charge in [0.25, 0.3) is 5.91 Å². The number of nitrogens with zero attached hydrogens (tertiary/aromatic N) is 2. The first kappa shape index (κ1) is 14.8. The van der Waals surface area contributed by atoms with Crippen LogP contribution in [0.1, 0.15) is 28.6 Å². The third-order valence-corrected chi connectivity index (χ3v) is 4.47. The van der Waals surface area contributed by atoms with Gasteiger partial charge in [-0.15, -0.1) is 0 Å². The predicted octanol–water partition coefficient (Wildman–Crippen LogP) is 2.88. The second-order valence-electron chi connectivity index (χ2n) is 4.45. The summed E-state index contributed by atoms with van der Waals surface area (Å²) in [5.74, 6) is 0.214.